The third-order valence-corrected chi connectivity index (χ3v) is 2.64. The summed E-state index contributed by atoms with van der Waals surface area (Å²) in [7, 11) is 0. The van der Waals surface area contributed by atoms with Gasteiger partial charge in [-0.25, -0.2) is 0 Å². The molecule has 1 aromatic rings. The molecule has 0 saturated carbocycles. The fraction of sp³-hybridized carbons (Fsp3) is 0.222. The maximum absolute atomic E-state index is 12.6. The fourth-order valence-corrected chi connectivity index (χ4v) is 1.74. The fourth-order valence-electron chi connectivity index (χ4n) is 1.19. The Balaban J connectivity index is 3.56. The number of hydrogen-bond donors (Lipinski definition) is 1. The molecule has 88 valence electrons. The van der Waals surface area contributed by atoms with E-state index in [1.165, 1.54) is 0 Å². The van der Waals surface area contributed by atoms with E-state index in [-0.39, 0.29) is 10.4 Å². The van der Waals surface area contributed by atoms with Crippen molar-refractivity contribution in [3.05, 3.63) is 28.3 Å². The van der Waals surface area contributed by atoms with E-state index in [1.807, 2.05) is 0 Å². The minimum absolute atomic E-state index is 0.306. The third-order valence-electron chi connectivity index (χ3n) is 1.82. The number of hydrogen-bond acceptors (Lipinski definition) is 2. The number of carbonyl (C=O) groups is 1. The number of halogens is 5. The zero-order valence-electron chi connectivity index (χ0n) is 7.61. The molecule has 16 heavy (non-hydrogen) atoms. The van der Waals surface area contributed by atoms with Crippen molar-refractivity contribution in [2.45, 2.75) is 6.18 Å². The van der Waals surface area contributed by atoms with E-state index in [9.17, 15) is 18.0 Å². The minimum atomic E-state index is -4.83. The lowest BCUT2D eigenvalue weighted by molar-refractivity contribution is -0.139. The van der Waals surface area contributed by atoms with Gasteiger partial charge in [0, 0.05) is 0 Å². The number of Topliss-reactive ketones (excluding diaryl/α,β-unsaturated/α-hetero) is 1. The molecule has 0 bridgehead atoms. The molecule has 0 unspecified atom stereocenters. The lowest BCUT2D eigenvalue weighted by Crippen LogP contribution is -2.14. The van der Waals surface area contributed by atoms with Crippen LogP contribution in [0.2, 0.25) is 5.02 Å². The molecule has 0 saturated heterocycles. The first-order valence-corrected chi connectivity index (χ1v) is 5.46. The highest BCUT2D eigenvalue weighted by molar-refractivity contribution is 9.09. The highest BCUT2D eigenvalue weighted by Crippen LogP contribution is 2.41. The molecule has 7 heteroatoms. The summed E-state index contributed by atoms with van der Waals surface area (Å²) < 4.78 is 37.8. The summed E-state index contributed by atoms with van der Waals surface area (Å²) in [5, 5.41) is 8.50. The highest BCUT2D eigenvalue weighted by Gasteiger charge is 2.39. The molecule has 0 fully saturated rings. The van der Waals surface area contributed by atoms with Gasteiger partial charge in [-0.3, -0.25) is 4.79 Å². The Hall–Kier alpha value is -0.750. The molecule has 0 spiro atoms. The van der Waals surface area contributed by atoms with Gasteiger partial charge in [-0.2, -0.15) is 13.2 Å². The quantitative estimate of drug-likeness (QED) is 0.668. The summed E-state index contributed by atoms with van der Waals surface area (Å²) in [6.45, 7) is 0. The second kappa shape index (κ2) is 4.63. The zero-order chi connectivity index (χ0) is 12.5. The number of carbonyl (C=O) groups excluding carboxylic acids is 1. The van der Waals surface area contributed by atoms with Gasteiger partial charge in [-0.15, -0.1) is 0 Å². The smallest absolute Gasteiger partial charge is 0.420 e. The first-order chi connectivity index (χ1) is 7.29. The number of ketones is 1. The highest BCUT2D eigenvalue weighted by atomic mass is 79.9. The van der Waals surface area contributed by atoms with Crippen molar-refractivity contribution in [1.29, 1.82) is 0 Å². The van der Waals surface area contributed by atoms with Crippen molar-refractivity contribution in [2.75, 3.05) is 5.33 Å². The normalized spacial score (nSPS) is 11.6. The van der Waals surface area contributed by atoms with Crippen molar-refractivity contribution in [3.8, 4) is 5.75 Å². The Bertz CT molecular complexity index is 431. The van der Waals surface area contributed by atoms with Gasteiger partial charge < -0.3 is 5.11 Å². The van der Waals surface area contributed by atoms with Gasteiger partial charge in [0.05, 0.1) is 15.9 Å². The van der Waals surface area contributed by atoms with Crippen molar-refractivity contribution in [3.63, 3.8) is 0 Å². The van der Waals surface area contributed by atoms with Crippen LogP contribution in [0.5, 0.6) is 5.75 Å². The maximum atomic E-state index is 12.6. The van der Waals surface area contributed by atoms with E-state index in [2.05, 4.69) is 15.9 Å². The number of benzene rings is 1. The van der Waals surface area contributed by atoms with Crippen molar-refractivity contribution >= 4 is 33.3 Å². The molecule has 0 atom stereocenters. The van der Waals surface area contributed by atoms with E-state index in [4.69, 9.17) is 16.7 Å². The summed E-state index contributed by atoms with van der Waals surface area (Å²) in [4.78, 5) is 11.3. The average molecular weight is 317 g/mol. The van der Waals surface area contributed by atoms with Gasteiger partial charge >= 0.3 is 6.18 Å². The van der Waals surface area contributed by atoms with E-state index in [1.54, 1.807) is 0 Å². The Morgan fingerprint density at radius 3 is 2.44 bits per heavy atom. The first-order valence-electron chi connectivity index (χ1n) is 3.97. The van der Waals surface area contributed by atoms with Crippen LogP contribution >= 0.6 is 27.5 Å². The number of aromatic hydroxyl groups is 1. The van der Waals surface area contributed by atoms with Gasteiger partial charge in [0.15, 0.2) is 5.78 Å². The van der Waals surface area contributed by atoms with E-state index >= 15 is 0 Å². The summed E-state index contributed by atoms with van der Waals surface area (Å²) in [6.07, 6.45) is -4.83. The van der Waals surface area contributed by atoms with Crippen LogP contribution in [0.1, 0.15) is 15.9 Å². The van der Waals surface area contributed by atoms with Crippen LogP contribution in [-0.4, -0.2) is 16.2 Å². The largest absolute Gasteiger partial charge is 0.507 e. The molecular formula is C9H5BrClF3O2. The van der Waals surface area contributed by atoms with Gasteiger partial charge in [-0.1, -0.05) is 27.5 Å². The van der Waals surface area contributed by atoms with Crippen LogP contribution < -0.4 is 0 Å². The van der Waals surface area contributed by atoms with Crippen LogP contribution in [0.15, 0.2) is 12.1 Å². The zero-order valence-corrected chi connectivity index (χ0v) is 9.95. The summed E-state index contributed by atoms with van der Waals surface area (Å²) in [5.74, 6) is -1.85. The SMILES string of the molecule is O=C(CBr)c1c(Cl)ccc(O)c1C(F)(F)F. The first kappa shape index (κ1) is 13.3. The van der Waals surface area contributed by atoms with Gasteiger partial charge in [0.25, 0.3) is 0 Å². The average Bonchev–Trinajstić information content (AvgIpc) is 2.18. The van der Waals surface area contributed by atoms with Crippen LogP contribution in [0.3, 0.4) is 0 Å². The molecule has 0 aromatic heterocycles. The summed E-state index contributed by atoms with van der Waals surface area (Å²) in [6, 6.07) is 1.85. The minimum Gasteiger partial charge on any atom is -0.507 e. The Morgan fingerprint density at radius 2 is 2.00 bits per heavy atom. The Morgan fingerprint density at radius 1 is 1.44 bits per heavy atom. The second-order valence-electron chi connectivity index (χ2n) is 2.87. The Kier molecular flexibility index (Phi) is 3.85. The summed E-state index contributed by atoms with van der Waals surface area (Å²) in [5.41, 5.74) is -2.12. The lowest BCUT2D eigenvalue weighted by Gasteiger charge is -2.14. The van der Waals surface area contributed by atoms with Crippen LogP contribution in [0, 0.1) is 0 Å². The molecule has 2 nitrogen and oxygen atoms in total. The van der Waals surface area contributed by atoms with E-state index in [0.717, 1.165) is 12.1 Å². The van der Waals surface area contributed by atoms with Gasteiger partial charge in [0.2, 0.25) is 0 Å². The van der Waals surface area contributed by atoms with Crippen molar-refractivity contribution in [1.82, 2.24) is 0 Å². The topological polar surface area (TPSA) is 37.3 Å². The van der Waals surface area contributed by atoms with Crippen LogP contribution in [0.4, 0.5) is 13.2 Å². The molecule has 1 N–H and O–H groups in total. The number of phenolic OH excluding ortho intramolecular Hbond substituents is 1. The number of alkyl halides is 4. The van der Waals surface area contributed by atoms with Crippen LogP contribution in [-0.2, 0) is 6.18 Å². The van der Waals surface area contributed by atoms with Gasteiger partial charge in [-0.05, 0) is 12.1 Å². The number of phenols is 1. The lowest BCUT2D eigenvalue weighted by atomic mass is 10.0. The van der Waals surface area contributed by atoms with Crippen molar-refractivity contribution < 1.29 is 23.1 Å². The molecule has 1 rings (SSSR count). The monoisotopic (exact) mass is 316 g/mol. The van der Waals surface area contributed by atoms with Crippen molar-refractivity contribution in [2.24, 2.45) is 0 Å². The summed E-state index contributed by atoms with van der Waals surface area (Å²) >= 11 is 8.28. The molecule has 0 aliphatic carbocycles. The standard InChI is InChI=1S/C9H5BrClF3O2/c10-3-6(16)7-4(11)1-2-5(15)8(7)9(12,13)14/h1-2,15H,3H2. The third kappa shape index (κ3) is 2.49. The molecule has 0 aliphatic heterocycles. The van der Waals surface area contributed by atoms with Crippen LogP contribution in [0.25, 0.3) is 0 Å². The van der Waals surface area contributed by atoms with Gasteiger partial charge in [0.1, 0.15) is 11.3 Å². The van der Waals surface area contributed by atoms with E-state index < -0.39 is 28.8 Å². The predicted octanol–water partition coefficient (Wildman–Crippen LogP) is 3.64. The molecule has 0 aliphatic rings. The molecule has 0 amide bonds. The Labute approximate surface area is 102 Å². The van der Waals surface area contributed by atoms with E-state index in [0.29, 0.717) is 0 Å². The molecule has 1 aromatic carbocycles. The second-order valence-corrected chi connectivity index (χ2v) is 3.84. The molecule has 0 radical (unpaired) electrons. The molecule has 0 heterocycles. The number of rotatable bonds is 2. The maximum Gasteiger partial charge on any atom is 0.420 e. The molecular weight excluding hydrogens is 312 g/mol. The predicted molar refractivity (Wildman–Crippen MR) is 56.2 cm³/mol.